The zero-order chi connectivity index (χ0) is 18.2. The third-order valence-corrected chi connectivity index (χ3v) is 3.62. The number of carbonyl (C=O) groups excluding carboxylic acids is 1. The van der Waals surface area contributed by atoms with Crippen LogP contribution in [-0.4, -0.2) is 18.6 Å². The fourth-order valence-electron chi connectivity index (χ4n) is 2.06. The number of rotatable bonds is 8. The summed E-state index contributed by atoms with van der Waals surface area (Å²) in [6.07, 6.45) is 0.167. The Bertz CT molecular complexity index is 722. The molecule has 2 aromatic rings. The van der Waals surface area contributed by atoms with Gasteiger partial charge in [-0.25, -0.2) is 4.39 Å². The third kappa shape index (κ3) is 6.72. The lowest BCUT2D eigenvalue weighted by molar-refractivity contribution is -0.123. The predicted molar refractivity (Wildman–Crippen MR) is 95.1 cm³/mol. The summed E-state index contributed by atoms with van der Waals surface area (Å²) in [5.41, 5.74) is 2.03. The highest BCUT2D eigenvalue weighted by atomic mass is 35.5. The topological polar surface area (TPSA) is 47.6 Å². The lowest BCUT2D eigenvalue weighted by atomic mass is 10.1. The molecule has 0 atom stereocenters. The van der Waals surface area contributed by atoms with Gasteiger partial charge in [-0.15, -0.1) is 0 Å². The van der Waals surface area contributed by atoms with Crippen molar-refractivity contribution in [1.29, 1.82) is 0 Å². The van der Waals surface area contributed by atoms with Crippen molar-refractivity contribution in [1.82, 2.24) is 5.32 Å². The highest BCUT2D eigenvalue weighted by Crippen LogP contribution is 2.20. The summed E-state index contributed by atoms with van der Waals surface area (Å²) in [6.45, 7) is 4.73. The van der Waals surface area contributed by atoms with Crippen LogP contribution in [0, 0.1) is 5.82 Å². The van der Waals surface area contributed by atoms with E-state index >= 15 is 0 Å². The van der Waals surface area contributed by atoms with E-state index in [2.05, 4.69) is 5.32 Å². The Labute approximate surface area is 151 Å². The monoisotopic (exact) mass is 365 g/mol. The van der Waals surface area contributed by atoms with E-state index in [1.807, 2.05) is 38.1 Å². The van der Waals surface area contributed by atoms with Crippen LogP contribution in [0.1, 0.15) is 25.0 Å². The summed E-state index contributed by atoms with van der Waals surface area (Å²) in [5, 5.41) is 2.73. The number of hydrogen-bond acceptors (Lipinski definition) is 3. The first-order valence-electron chi connectivity index (χ1n) is 7.98. The van der Waals surface area contributed by atoms with Crippen LogP contribution >= 0.6 is 11.6 Å². The van der Waals surface area contributed by atoms with Gasteiger partial charge in [-0.1, -0.05) is 35.9 Å². The quantitative estimate of drug-likeness (QED) is 0.766. The summed E-state index contributed by atoms with van der Waals surface area (Å²) in [7, 11) is 0. The fraction of sp³-hybridized carbons (Fsp3) is 0.316. The molecule has 0 heterocycles. The zero-order valence-corrected chi connectivity index (χ0v) is 15.0. The fourth-order valence-corrected chi connectivity index (χ4v) is 2.23. The maximum absolute atomic E-state index is 13.1. The van der Waals surface area contributed by atoms with Gasteiger partial charge in [0.05, 0.1) is 17.7 Å². The molecule has 4 nitrogen and oxygen atoms in total. The van der Waals surface area contributed by atoms with Crippen molar-refractivity contribution in [2.45, 2.75) is 33.1 Å². The van der Waals surface area contributed by atoms with Crippen LogP contribution in [-0.2, 0) is 22.7 Å². The summed E-state index contributed by atoms with van der Waals surface area (Å²) in [5.74, 6) is -0.460. The molecule has 2 rings (SSSR count). The van der Waals surface area contributed by atoms with Crippen molar-refractivity contribution in [2.24, 2.45) is 0 Å². The Morgan fingerprint density at radius 3 is 2.68 bits per heavy atom. The first kappa shape index (κ1) is 19.2. The third-order valence-electron chi connectivity index (χ3n) is 3.33. The van der Waals surface area contributed by atoms with E-state index in [0.717, 1.165) is 11.1 Å². The number of carbonyl (C=O) groups is 1. The molecule has 0 fully saturated rings. The van der Waals surface area contributed by atoms with Crippen molar-refractivity contribution in [3.8, 4) is 5.75 Å². The number of amides is 1. The van der Waals surface area contributed by atoms with Gasteiger partial charge in [0.1, 0.15) is 11.6 Å². The average Bonchev–Trinajstić information content (AvgIpc) is 2.59. The molecule has 0 saturated heterocycles. The van der Waals surface area contributed by atoms with Crippen molar-refractivity contribution in [3.63, 3.8) is 0 Å². The van der Waals surface area contributed by atoms with E-state index in [1.165, 1.54) is 18.2 Å². The molecule has 0 aliphatic carbocycles. The van der Waals surface area contributed by atoms with Crippen LogP contribution in [0.5, 0.6) is 5.75 Å². The Balaban J connectivity index is 1.79. The molecule has 25 heavy (non-hydrogen) atoms. The molecule has 6 heteroatoms. The molecule has 2 aromatic carbocycles. The van der Waals surface area contributed by atoms with Gasteiger partial charge in [-0.05, 0) is 37.1 Å². The summed E-state index contributed by atoms with van der Waals surface area (Å²) in [6, 6.07) is 11.8. The van der Waals surface area contributed by atoms with Crippen LogP contribution in [0.15, 0.2) is 42.5 Å². The van der Waals surface area contributed by atoms with E-state index in [0.29, 0.717) is 18.9 Å². The molecule has 0 aliphatic rings. The molecule has 0 spiro atoms. The Morgan fingerprint density at radius 1 is 1.20 bits per heavy atom. The largest absolute Gasteiger partial charge is 0.484 e. The maximum atomic E-state index is 13.1. The molecule has 134 valence electrons. The van der Waals surface area contributed by atoms with Crippen LogP contribution in [0.3, 0.4) is 0 Å². The summed E-state index contributed by atoms with van der Waals surface area (Å²) in [4.78, 5) is 11.9. The zero-order valence-electron chi connectivity index (χ0n) is 14.2. The Morgan fingerprint density at radius 2 is 1.96 bits per heavy atom. The molecule has 0 aromatic heterocycles. The first-order valence-corrected chi connectivity index (χ1v) is 8.36. The molecular weight excluding hydrogens is 345 g/mol. The molecule has 0 saturated carbocycles. The van der Waals surface area contributed by atoms with Crippen molar-refractivity contribution >= 4 is 17.5 Å². The molecule has 0 unspecified atom stereocenters. The van der Waals surface area contributed by atoms with E-state index < -0.39 is 5.82 Å². The van der Waals surface area contributed by atoms with E-state index in [1.54, 1.807) is 0 Å². The van der Waals surface area contributed by atoms with Gasteiger partial charge in [-0.3, -0.25) is 4.79 Å². The first-order chi connectivity index (χ1) is 11.9. The van der Waals surface area contributed by atoms with Gasteiger partial charge >= 0.3 is 0 Å². The average molecular weight is 366 g/mol. The standard InChI is InChI=1S/C19H21ClFNO3/c1-13(2)24-11-15-5-3-4-14(8-15)10-22-19(23)12-25-16-6-7-18(21)17(20)9-16/h3-9,13H,10-12H2,1-2H3,(H,22,23). The molecule has 0 bridgehead atoms. The number of hydrogen-bond donors (Lipinski definition) is 1. The van der Waals surface area contributed by atoms with Gasteiger partial charge in [-0.2, -0.15) is 0 Å². The second kappa shape index (κ2) is 9.39. The number of benzene rings is 2. The second-order valence-corrected chi connectivity index (χ2v) is 6.23. The van der Waals surface area contributed by atoms with Gasteiger partial charge in [0, 0.05) is 12.6 Å². The van der Waals surface area contributed by atoms with E-state index in [-0.39, 0.29) is 23.6 Å². The van der Waals surface area contributed by atoms with Crippen molar-refractivity contribution in [2.75, 3.05) is 6.61 Å². The lowest BCUT2D eigenvalue weighted by Gasteiger charge is -2.10. The van der Waals surface area contributed by atoms with Gasteiger partial charge < -0.3 is 14.8 Å². The summed E-state index contributed by atoms with van der Waals surface area (Å²) < 4.78 is 23.9. The molecular formula is C19H21ClFNO3. The molecule has 1 N–H and O–H groups in total. The van der Waals surface area contributed by atoms with Crippen LogP contribution in [0.25, 0.3) is 0 Å². The van der Waals surface area contributed by atoms with Crippen molar-refractivity contribution in [3.05, 3.63) is 64.4 Å². The van der Waals surface area contributed by atoms with Crippen LogP contribution in [0.2, 0.25) is 5.02 Å². The number of halogens is 2. The van der Waals surface area contributed by atoms with Crippen LogP contribution in [0.4, 0.5) is 4.39 Å². The Kier molecular flexibility index (Phi) is 7.22. The van der Waals surface area contributed by atoms with Crippen LogP contribution < -0.4 is 10.1 Å². The smallest absolute Gasteiger partial charge is 0.258 e. The van der Waals surface area contributed by atoms with E-state index in [9.17, 15) is 9.18 Å². The molecule has 0 aliphatic heterocycles. The Hall–Kier alpha value is -2.11. The van der Waals surface area contributed by atoms with Crippen molar-refractivity contribution < 1.29 is 18.7 Å². The highest BCUT2D eigenvalue weighted by molar-refractivity contribution is 6.30. The summed E-state index contributed by atoms with van der Waals surface area (Å²) >= 11 is 5.66. The minimum atomic E-state index is -0.528. The second-order valence-electron chi connectivity index (χ2n) is 5.82. The predicted octanol–water partition coefficient (Wildman–Crippen LogP) is 4.10. The normalized spacial score (nSPS) is 10.8. The maximum Gasteiger partial charge on any atom is 0.258 e. The number of ether oxygens (including phenoxy) is 2. The molecule has 0 radical (unpaired) electrons. The minimum absolute atomic E-state index is 0.0432. The van der Waals surface area contributed by atoms with Gasteiger partial charge in [0.2, 0.25) is 0 Å². The van der Waals surface area contributed by atoms with Gasteiger partial charge in [0.25, 0.3) is 5.91 Å². The number of nitrogens with one attached hydrogen (secondary N) is 1. The van der Waals surface area contributed by atoms with E-state index in [4.69, 9.17) is 21.1 Å². The SMILES string of the molecule is CC(C)OCc1cccc(CNC(=O)COc2ccc(F)c(Cl)c2)c1. The van der Waals surface area contributed by atoms with Gasteiger partial charge in [0.15, 0.2) is 6.61 Å². The minimum Gasteiger partial charge on any atom is -0.484 e. The molecule has 1 amide bonds. The highest BCUT2D eigenvalue weighted by Gasteiger charge is 2.06. The lowest BCUT2D eigenvalue weighted by Crippen LogP contribution is -2.28.